The van der Waals surface area contributed by atoms with E-state index in [4.69, 9.17) is 10.3 Å². The Hall–Kier alpha value is -1.58. The largest absolute Gasteiger partial charge is 0.467 e. The molecule has 1 unspecified atom stereocenters. The second kappa shape index (κ2) is 5.19. The first-order chi connectivity index (χ1) is 9.31. The highest BCUT2D eigenvalue weighted by Gasteiger charge is 2.27. The van der Waals surface area contributed by atoms with Gasteiger partial charge in [0.1, 0.15) is 11.8 Å². The predicted molar refractivity (Wildman–Crippen MR) is 75.6 cm³/mol. The standard InChI is InChI=1S/C16H20N2O/c1-11-9-10-19-16(11)15(18-17)14-8-3-2-7-13(14)12-5-4-6-12/h2-3,7-10,12,15,18H,4-6,17H2,1H3. The summed E-state index contributed by atoms with van der Waals surface area (Å²) < 4.78 is 5.62. The molecule has 0 radical (unpaired) electrons. The Labute approximate surface area is 113 Å². The minimum atomic E-state index is -0.0631. The highest BCUT2D eigenvalue weighted by molar-refractivity contribution is 5.39. The molecule has 1 saturated carbocycles. The molecular weight excluding hydrogens is 236 g/mol. The van der Waals surface area contributed by atoms with Gasteiger partial charge in [-0.1, -0.05) is 30.7 Å². The van der Waals surface area contributed by atoms with E-state index >= 15 is 0 Å². The lowest BCUT2D eigenvalue weighted by Gasteiger charge is -2.30. The number of hydrazine groups is 1. The molecule has 0 amide bonds. The molecule has 1 heterocycles. The van der Waals surface area contributed by atoms with Crippen molar-refractivity contribution < 1.29 is 4.42 Å². The van der Waals surface area contributed by atoms with Crippen LogP contribution in [0.5, 0.6) is 0 Å². The summed E-state index contributed by atoms with van der Waals surface area (Å²) in [5.41, 5.74) is 6.70. The molecular formula is C16H20N2O. The van der Waals surface area contributed by atoms with Crippen molar-refractivity contribution in [1.29, 1.82) is 0 Å². The highest BCUT2D eigenvalue weighted by Crippen LogP contribution is 2.40. The molecule has 100 valence electrons. The van der Waals surface area contributed by atoms with E-state index in [0.717, 1.165) is 11.3 Å². The molecule has 1 aromatic carbocycles. The smallest absolute Gasteiger partial charge is 0.129 e. The van der Waals surface area contributed by atoms with E-state index in [9.17, 15) is 0 Å². The van der Waals surface area contributed by atoms with Crippen molar-refractivity contribution >= 4 is 0 Å². The van der Waals surface area contributed by atoms with Crippen LogP contribution in [0.15, 0.2) is 41.0 Å². The SMILES string of the molecule is Cc1ccoc1C(NN)c1ccccc1C1CCC1. The van der Waals surface area contributed by atoms with Crippen LogP contribution in [0.3, 0.4) is 0 Å². The lowest BCUT2D eigenvalue weighted by molar-refractivity contribution is 0.406. The van der Waals surface area contributed by atoms with Gasteiger partial charge in [-0.25, -0.2) is 5.43 Å². The third-order valence-corrected chi connectivity index (χ3v) is 4.18. The summed E-state index contributed by atoms with van der Waals surface area (Å²) in [5.74, 6) is 7.38. The molecule has 1 atom stereocenters. The van der Waals surface area contributed by atoms with E-state index in [-0.39, 0.29) is 6.04 Å². The van der Waals surface area contributed by atoms with Gasteiger partial charge in [-0.05, 0) is 48.4 Å². The van der Waals surface area contributed by atoms with Crippen molar-refractivity contribution in [2.45, 2.75) is 38.1 Å². The Balaban J connectivity index is 2.02. The van der Waals surface area contributed by atoms with Crippen LogP contribution in [0, 0.1) is 6.92 Å². The van der Waals surface area contributed by atoms with Crippen LogP contribution in [0.2, 0.25) is 0 Å². The normalized spacial score (nSPS) is 17.2. The summed E-state index contributed by atoms with van der Waals surface area (Å²) in [6, 6.07) is 10.5. The van der Waals surface area contributed by atoms with Crippen LogP contribution in [-0.4, -0.2) is 0 Å². The average molecular weight is 256 g/mol. The number of rotatable bonds is 4. The Bertz CT molecular complexity index is 557. The average Bonchev–Trinajstić information content (AvgIpc) is 2.77. The number of nitrogens with two attached hydrogens (primary N) is 1. The molecule has 3 rings (SSSR count). The Morgan fingerprint density at radius 1 is 1.26 bits per heavy atom. The van der Waals surface area contributed by atoms with E-state index in [1.807, 2.05) is 6.07 Å². The zero-order chi connectivity index (χ0) is 13.2. The molecule has 1 fully saturated rings. The molecule has 1 aliphatic carbocycles. The lowest BCUT2D eigenvalue weighted by atomic mass is 9.77. The first kappa shape index (κ1) is 12.5. The number of furan rings is 1. The lowest BCUT2D eigenvalue weighted by Crippen LogP contribution is -2.30. The molecule has 19 heavy (non-hydrogen) atoms. The van der Waals surface area contributed by atoms with Crippen molar-refractivity contribution in [3.63, 3.8) is 0 Å². The van der Waals surface area contributed by atoms with Gasteiger partial charge in [-0.3, -0.25) is 5.84 Å². The fraction of sp³-hybridized carbons (Fsp3) is 0.375. The Morgan fingerprint density at radius 2 is 2.05 bits per heavy atom. The van der Waals surface area contributed by atoms with Gasteiger partial charge in [-0.15, -0.1) is 0 Å². The molecule has 3 nitrogen and oxygen atoms in total. The van der Waals surface area contributed by atoms with Crippen molar-refractivity contribution in [2.75, 3.05) is 0 Å². The molecule has 1 aromatic heterocycles. The van der Waals surface area contributed by atoms with Gasteiger partial charge in [0.05, 0.1) is 6.26 Å². The van der Waals surface area contributed by atoms with Gasteiger partial charge < -0.3 is 4.42 Å². The van der Waals surface area contributed by atoms with E-state index < -0.39 is 0 Å². The summed E-state index contributed by atoms with van der Waals surface area (Å²) in [7, 11) is 0. The maximum atomic E-state index is 5.78. The molecule has 3 heteroatoms. The van der Waals surface area contributed by atoms with E-state index in [1.54, 1.807) is 6.26 Å². The van der Waals surface area contributed by atoms with Crippen LogP contribution < -0.4 is 11.3 Å². The van der Waals surface area contributed by atoms with Gasteiger partial charge in [0.2, 0.25) is 0 Å². The quantitative estimate of drug-likeness (QED) is 0.651. The van der Waals surface area contributed by atoms with Gasteiger partial charge >= 0.3 is 0 Å². The van der Waals surface area contributed by atoms with Crippen LogP contribution in [0.4, 0.5) is 0 Å². The van der Waals surface area contributed by atoms with Gasteiger partial charge in [-0.2, -0.15) is 0 Å². The molecule has 2 aromatic rings. The van der Waals surface area contributed by atoms with E-state index in [0.29, 0.717) is 5.92 Å². The number of nitrogens with one attached hydrogen (secondary N) is 1. The second-order valence-corrected chi connectivity index (χ2v) is 5.32. The van der Waals surface area contributed by atoms with Crippen LogP contribution in [0.1, 0.15) is 53.7 Å². The van der Waals surface area contributed by atoms with Crippen LogP contribution in [0.25, 0.3) is 0 Å². The minimum absolute atomic E-state index is 0.0631. The summed E-state index contributed by atoms with van der Waals surface area (Å²) in [4.78, 5) is 0. The summed E-state index contributed by atoms with van der Waals surface area (Å²) in [6.07, 6.45) is 5.62. The highest BCUT2D eigenvalue weighted by atomic mass is 16.3. The molecule has 0 bridgehead atoms. The summed E-state index contributed by atoms with van der Waals surface area (Å²) in [5, 5.41) is 0. The Kier molecular flexibility index (Phi) is 3.40. The Morgan fingerprint density at radius 3 is 2.63 bits per heavy atom. The fourth-order valence-corrected chi connectivity index (χ4v) is 2.85. The third-order valence-electron chi connectivity index (χ3n) is 4.18. The zero-order valence-corrected chi connectivity index (χ0v) is 11.2. The monoisotopic (exact) mass is 256 g/mol. The van der Waals surface area contributed by atoms with Crippen molar-refractivity contribution in [3.8, 4) is 0 Å². The first-order valence-corrected chi connectivity index (χ1v) is 6.90. The van der Waals surface area contributed by atoms with Crippen LogP contribution >= 0.6 is 0 Å². The molecule has 0 saturated heterocycles. The molecule has 0 aliphatic heterocycles. The van der Waals surface area contributed by atoms with Gasteiger partial charge in [0, 0.05) is 0 Å². The molecule has 3 N–H and O–H groups in total. The zero-order valence-electron chi connectivity index (χ0n) is 11.2. The van der Waals surface area contributed by atoms with E-state index in [1.165, 1.54) is 30.4 Å². The van der Waals surface area contributed by atoms with Crippen molar-refractivity contribution in [2.24, 2.45) is 5.84 Å². The third kappa shape index (κ3) is 2.20. The predicted octanol–water partition coefficient (Wildman–Crippen LogP) is 3.41. The second-order valence-electron chi connectivity index (χ2n) is 5.32. The number of aryl methyl sites for hydroxylation is 1. The maximum absolute atomic E-state index is 5.78. The fourth-order valence-electron chi connectivity index (χ4n) is 2.85. The van der Waals surface area contributed by atoms with Crippen LogP contribution in [-0.2, 0) is 0 Å². The van der Waals surface area contributed by atoms with E-state index in [2.05, 4.69) is 36.6 Å². The van der Waals surface area contributed by atoms with Crippen molar-refractivity contribution in [1.82, 2.24) is 5.43 Å². The summed E-state index contributed by atoms with van der Waals surface area (Å²) in [6.45, 7) is 2.05. The number of benzene rings is 1. The number of hydrogen-bond acceptors (Lipinski definition) is 3. The minimum Gasteiger partial charge on any atom is -0.467 e. The van der Waals surface area contributed by atoms with Crippen molar-refractivity contribution in [3.05, 3.63) is 59.0 Å². The summed E-state index contributed by atoms with van der Waals surface area (Å²) >= 11 is 0. The first-order valence-electron chi connectivity index (χ1n) is 6.90. The van der Waals surface area contributed by atoms with Gasteiger partial charge in [0.15, 0.2) is 0 Å². The molecule has 0 spiro atoms. The van der Waals surface area contributed by atoms with Gasteiger partial charge in [0.25, 0.3) is 0 Å². The maximum Gasteiger partial charge on any atom is 0.129 e. The topological polar surface area (TPSA) is 51.2 Å². The molecule has 1 aliphatic rings. The number of hydrogen-bond donors (Lipinski definition) is 2.